The van der Waals surface area contributed by atoms with Crippen molar-refractivity contribution in [1.29, 1.82) is 0 Å². The fraction of sp³-hybridized carbons (Fsp3) is 0.0556. The molecule has 0 N–H and O–H groups in total. The molecular formula is C18H14Cl4N2S. The van der Waals surface area contributed by atoms with Gasteiger partial charge in [-0.1, -0.05) is 40.9 Å². The molecular weight excluding hydrogens is 418 g/mol. The van der Waals surface area contributed by atoms with Crippen LogP contribution in [-0.4, -0.2) is 4.57 Å². The lowest BCUT2D eigenvalue weighted by atomic mass is 10.1. The highest BCUT2D eigenvalue weighted by atomic mass is 35.5. The smallest absolute Gasteiger partial charge is 0.190 e. The minimum Gasteiger partial charge on any atom is -0.313 e. The van der Waals surface area contributed by atoms with E-state index in [2.05, 4.69) is 11.1 Å². The fourth-order valence-electron chi connectivity index (χ4n) is 2.26. The van der Waals surface area contributed by atoms with Gasteiger partial charge in [-0.25, -0.2) is 4.99 Å². The highest BCUT2D eigenvalue weighted by Crippen LogP contribution is 2.31. The van der Waals surface area contributed by atoms with Crippen molar-refractivity contribution >= 4 is 64.2 Å². The number of aromatic nitrogens is 1. The van der Waals surface area contributed by atoms with E-state index in [1.807, 2.05) is 47.9 Å². The van der Waals surface area contributed by atoms with Gasteiger partial charge in [0.2, 0.25) is 0 Å². The molecule has 0 atom stereocenters. The van der Waals surface area contributed by atoms with Crippen molar-refractivity contribution in [1.82, 2.24) is 4.57 Å². The third-order valence-corrected chi connectivity index (χ3v) is 5.03. The van der Waals surface area contributed by atoms with E-state index in [1.165, 1.54) is 0 Å². The van der Waals surface area contributed by atoms with Gasteiger partial charge in [0.25, 0.3) is 0 Å². The maximum atomic E-state index is 6.36. The summed E-state index contributed by atoms with van der Waals surface area (Å²) >= 11 is 19.8. The molecule has 0 fully saturated rings. The van der Waals surface area contributed by atoms with Crippen LogP contribution in [0.1, 0.15) is 0 Å². The summed E-state index contributed by atoms with van der Waals surface area (Å²) in [5.74, 6) is 0. The van der Waals surface area contributed by atoms with Crippen molar-refractivity contribution in [3.63, 3.8) is 0 Å². The summed E-state index contributed by atoms with van der Waals surface area (Å²) in [6.45, 7) is 4.47. The van der Waals surface area contributed by atoms with E-state index in [0.29, 0.717) is 21.6 Å². The van der Waals surface area contributed by atoms with Crippen LogP contribution in [0.2, 0.25) is 15.1 Å². The molecule has 0 saturated heterocycles. The Balaban J connectivity index is 0.00000225. The first-order valence-electron chi connectivity index (χ1n) is 7.13. The van der Waals surface area contributed by atoms with Crippen LogP contribution < -0.4 is 4.80 Å². The zero-order valence-electron chi connectivity index (χ0n) is 13.0. The van der Waals surface area contributed by atoms with E-state index < -0.39 is 0 Å². The van der Waals surface area contributed by atoms with Gasteiger partial charge in [0.15, 0.2) is 4.80 Å². The van der Waals surface area contributed by atoms with E-state index in [0.717, 1.165) is 21.7 Å². The molecule has 7 heteroatoms. The minimum atomic E-state index is 0. The molecule has 0 radical (unpaired) electrons. The molecule has 0 aliphatic carbocycles. The Hall–Kier alpha value is -1.23. The SMILES string of the molecule is C=CCn1c(-c2ccc(Cl)cc2Cl)csc1=Nc1ccc(Cl)cc1.Cl. The average molecular weight is 432 g/mol. The van der Waals surface area contributed by atoms with Crippen molar-refractivity contribution in [2.45, 2.75) is 6.54 Å². The van der Waals surface area contributed by atoms with Gasteiger partial charge in [-0.05, 0) is 42.5 Å². The number of thiazole rings is 1. The first-order chi connectivity index (χ1) is 11.6. The van der Waals surface area contributed by atoms with Crippen LogP contribution in [0.25, 0.3) is 11.3 Å². The largest absolute Gasteiger partial charge is 0.313 e. The number of benzene rings is 2. The van der Waals surface area contributed by atoms with Crippen LogP contribution in [0.4, 0.5) is 5.69 Å². The highest BCUT2D eigenvalue weighted by Gasteiger charge is 2.11. The van der Waals surface area contributed by atoms with Gasteiger partial charge in [0.1, 0.15) is 0 Å². The van der Waals surface area contributed by atoms with Crippen molar-refractivity contribution in [3.05, 3.63) is 80.4 Å². The molecule has 1 aromatic heterocycles. The van der Waals surface area contributed by atoms with Crippen LogP contribution in [0.5, 0.6) is 0 Å². The molecule has 0 aliphatic heterocycles. The van der Waals surface area contributed by atoms with E-state index >= 15 is 0 Å². The number of rotatable bonds is 4. The molecule has 3 aromatic rings. The molecule has 0 aliphatic rings. The van der Waals surface area contributed by atoms with Gasteiger partial charge in [-0.3, -0.25) is 0 Å². The number of nitrogens with zero attached hydrogens (tertiary/aromatic N) is 2. The van der Waals surface area contributed by atoms with E-state index in [9.17, 15) is 0 Å². The quantitative estimate of drug-likeness (QED) is 0.395. The standard InChI is InChI=1S/C18H13Cl3N2S.ClH/c1-2-9-23-17(15-8-5-13(20)10-16(15)21)11-24-18(23)22-14-6-3-12(19)4-7-14;/h2-8,10-11H,1,9H2;1H. The summed E-state index contributed by atoms with van der Waals surface area (Å²) < 4.78 is 2.07. The van der Waals surface area contributed by atoms with Gasteiger partial charge < -0.3 is 4.57 Å². The van der Waals surface area contributed by atoms with Crippen molar-refractivity contribution in [2.75, 3.05) is 0 Å². The molecule has 3 rings (SSSR count). The summed E-state index contributed by atoms with van der Waals surface area (Å²) in [6.07, 6.45) is 1.83. The summed E-state index contributed by atoms with van der Waals surface area (Å²) in [5.41, 5.74) is 2.74. The van der Waals surface area contributed by atoms with Crippen LogP contribution in [-0.2, 0) is 6.54 Å². The maximum Gasteiger partial charge on any atom is 0.190 e. The second kappa shape index (κ2) is 8.93. The predicted octanol–water partition coefficient (Wildman–Crippen LogP) is 7.02. The lowest BCUT2D eigenvalue weighted by molar-refractivity contribution is 0.800. The Bertz CT molecular complexity index is 942. The van der Waals surface area contributed by atoms with Crippen LogP contribution >= 0.6 is 58.5 Å². The normalized spacial score (nSPS) is 11.2. The highest BCUT2D eigenvalue weighted by molar-refractivity contribution is 7.07. The second-order valence-corrected chi connectivity index (χ2v) is 7.13. The number of hydrogen-bond acceptors (Lipinski definition) is 2. The zero-order chi connectivity index (χ0) is 17.1. The Kier molecular flexibility index (Phi) is 7.17. The predicted molar refractivity (Wildman–Crippen MR) is 112 cm³/mol. The van der Waals surface area contributed by atoms with E-state index in [1.54, 1.807) is 17.4 Å². The Morgan fingerprint density at radius 2 is 1.72 bits per heavy atom. The van der Waals surface area contributed by atoms with Crippen molar-refractivity contribution in [2.24, 2.45) is 4.99 Å². The molecule has 0 bridgehead atoms. The molecule has 0 unspecified atom stereocenters. The lowest BCUT2D eigenvalue weighted by Crippen LogP contribution is -2.14. The van der Waals surface area contributed by atoms with Crippen LogP contribution in [0, 0.1) is 0 Å². The topological polar surface area (TPSA) is 17.3 Å². The molecule has 130 valence electrons. The Labute approximate surface area is 171 Å². The molecule has 2 nitrogen and oxygen atoms in total. The number of halogens is 4. The van der Waals surface area contributed by atoms with Gasteiger partial charge in [-0.15, -0.1) is 30.3 Å². The molecule has 25 heavy (non-hydrogen) atoms. The van der Waals surface area contributed by atoms with Crippen LogP contribution in [0.3, 0.4) is 0 Å². The Morgan fingerprint density at radius 3 is 2.36 bits per heavy atom. The van der Waals surface area contributed by atoms with Gasteiger partial charge in [0, 0.05) is 27.5 Å². The molecule has 0 amide bonds. The molecule has 1 heterocycles. The average Bonchev–Trinajstić information content (AvgIpc) is 2.93. The lowest BCUT2D eigenvalue weighted by Gasteiger charge is -2.08. The molecule has 0 spiro atoms. The van der Waals surface area contributed by atoms with Crippen molar-refractivity contribution in [3.8, 4) is 11.3 Å². The maximum absolute atomic E-state index is 6.36. The van der Waals surface area contributed by atoms with Gasteiger partial charge >= 0.3 is 0 Å². The first kappa shape index (κ1) is 20.1. The third-order valence-electron chi connectivity index (χ3n) is 3.37. The molecule has 2 aromatic carbocycles. The summed E-state index contributed by atoms with van der Waals surface area (Å²) in [5, 5.41) is 3.94. The third kappa shape index (κ3) is 4.69. The minimum absolute atomic E-state index is 0. The zero-order valence-corrected chi connectivity index (χ0v) is 16.9. The second-order valence-electron chi connectivity index (χ2n) is 5.02. The number of hydrogen-bond donors (Lipinski definition) is 0. The van der Waals surface area contributed by atoms with Crippen molar-refractivity contribution < 1.29 is 0 Å². The van der Waals surface area contributed by atoms with E-state index in [-0.39, 0.29) is 12.4 Å². The monoisotopic (exact) mass is 430 g/mol. The van der Waals surface area contributed by atoms with Gasteiger partial charge in [-0.2, -0.15) is 0 Å². The Morgan fingerprint density at radius 1 is 1.04 bits per heavy atom. The fourth-order valence-corrected chi connectivity index (χ4v) is 3.82. The summed E-state index contributed by atoms with van der Waals surface area (Å²) in [7, 11) is 0. The number of allylic oxidation sites excluding steroid dienone is 1. The van der Waals surface area contributed by atoms with E-state index in [4.69, 9.17) is 39.8 Å². The van der Waals surface area contributed by atoms with Crippen LogP contribution in [0.15, 0.2) is 65.5 Å². The summed E-state index contributed by atoms with van der Waals surface area (Å²) in [4.78, 5) is 5.56. The molecule has 0 saturated carbocycles. The first-order valence-corrected chi connectivity index (χ1v) is 9.15. The van der Waals surface area contributed by atoms with Gasteiger partial charge in [0.05, 0.1) is 16.4 Å². The summed E-state index contributed by atoms with van der Waals surface area (Å²) in [6, 6.07) is 12.9.